The first-order valence-electron chi connectivity index (χ1n) is 12.3. The molecule has 3 aliphatic rings. The van der Waals surface area contributed by atoms with Gasteiger partial charge in [0.25, 0.3) is 0 Å². The van der Waals surface area contributed by atoms with Crippen LogP contribution in [-0.4, -0.2) is 69.0 Å². The highest BCUT2D eigenvalue weighted by Crippen LogP contribution is 2.68. The van der Waals surface area contributed by atoms with Gasteiger partial charge in [0.1, 0.15) is 11.8 Å². The number of amides is 2. The highest BCUT2D eigenvalue weighted by atomic mass is 79.9. The van der Waals surface area contributed by atoms with Crippen LogP contribution < -0.4 is 10.1 Å². The number of anilines is 1. The summed E-state index contributed by atoms with van der Waals surface area (Å²) in [6.45, 7) is 1.59. The number of hydrogen-bond donors (Lipinski definition) is 2. The number of carbonyl (C=O) groups excluding carboxylic acids is 3. The van der Waals surface area contributed by atoms with Crippen molar-refractivity contribution in [2.75, 3.05) is 25.6 Å². The number of thioether (sulfide) groups is 1. The van der Waals surface area contributed by atoms with Gasteiger partial charge >= 0.3 is 5.97 Å². The van der Waals surface area contributed by atoms with Crippen LogP contribution in [0, 0.1) is 11.8 Å². The second-order valence-electron chi connectivity index (χ2n) is 9.49. The van der Waals surface area contributed by atoms with E-state index < -0.39 is 34.6 Å². The summed E-state index contributed by atoms with van der Waals surface area (Å²) in [6, 6.07) is 14.5. The molecule has 3 fully saturated rings. The lowest BCUT2D eigenvalue weighted by molar-refractivity contribution is -0.154. The summed E-state index contributed by atoms with van der Waals surface area (Å²) in [6.07, 6.45) is 0.540. The number of halogens is 1. The van der Waals surface area contributed by atoms with E-state index in [1.807, 2.05) is 30.3 Å². The van der Waals surface area contributed by atoms with Crippen LogP contribution in [-0.2, 0) is 19.1 Å². The fourth-order valence-corrected chi connectivity index (χ4v) is 9.71. The quantitative estimate of drug-likeness (QED) is 0.359. The largest absolute Gasteiger partial charge is 0.497 e. The van der Waals surface area contributed by atoms with E-state index in [0.29, 0.717) is 17.9 Å². The number of methoxy groups -OCH3 is 1. The second-order valence-corrected chi connectivity index (χ2v) is 12.2. The molecule has 7 atom stereocenters. The van der Waals surface area contributed by atoms with Crippen molar-refractivity contribution in [3.63, 3.8) is 0 Å². The molecule has 2 N–H and O–H groups in total. The average Bonchev–Trinajstić information content (AvgIpc) is 3.49. The number of benzene rings is 2. The summed E-state index contributed by atoms with van der Waals surface area (Å²) in [4.78, 5) is 42.8. The Kier molecular flexibility index (Phi) is 7.26. The first kappa shape index (κ1) is 26.1. The lowest BCUT2D eigenvalue weighted by Gasteiger charge is -2.37. The number of alkyl halides is 1. The van der Waals surface area contributed by atoms with Crippen molar-refractivity contribution in [1.29, 1.82) is 0 Å². The lowest BCUT2D eigenvalue weighted by atomic mass is 9.71. The third-order valence-corrected chi connectivity index (χ3v) is 10.8. The Morgan fingerprint density at radius 1 is 1.22 bits per heavy atom. The zero-order valence-corrected chi connectivity index (χ0v) is 22.9. The molecule has 37 heavy (non-hydrogen) atoms. The van der Waals surface area contributed by atoms with Crippen LogP contribution in [0.3, 0.4) is 0 Å². The van der Waals surface area contributed by atoms with Crippen LogP contribution in [0.4, 0.5) is 5.69 Å². The van der Waals surface area contributed by atoms with Gasteiger partial charge in [0, 0.05) is 15.8 Å². The molecule has 0 aromatic heterocycles. The van der Waals surface area contributed by atoms with Gasteiger partial charge in [-0.2, -0.15) is 0 Å². The van der Waals surface area contributed by atoms with Crippen LogP contribution in [0.2, 0.25) is 0 Å². The van der Waals surface area contributed by atoms with Crippen molar-refractivity contribution in [3.8, 4) is 5.75 Å². The number of nitrogens with zero attached hydrogens (tertiary/aromatic N) is 1. The number of esters is 1. The number of nitrogens with one attached hydrogen (secondary N) is 1. The zero-order chi connectivity index (χ0) is 26.3. The molecule has 3 unspecified atom stereocenters. The van der Waals surface area contributed by atoms with Gasteiger partial charge in [0.15, 0.2) is 0 Å². The molecule has 0 saturated carbocycles. The van der Waals surface area contributed by atoms with Gasteiger partial charge < -0.3 is 24.8 Å². The van der Waals surface area contributed by atoms with Crippen LogP contribution in [0.5, 0.6) is 5.75 Å². The molecular formula is C27H29BrN2O6S. The highest BCUT2D eigenvalue weighted by Gasteiger charge is 2.76. The first-order valence-corrected chi connectivity index (χ1v) is 14.1. The number of hydrogen-bond acceptors (Lipinski definition) is 7. The maximum Gasteiger partial charge on any atom is 0.310 e. The molecule has 2 aromatic carbocycles. The monoisotopic (exact) mass is 588 g/mol. The number of fused-ring (bicyclic) bond motifs is 1. The molecule has 0 radical (unpaired) electrons. The summed E-state index contributed by atoms with van der Waals surface area (Å²) in [5.41, 5.74) is 1.28. The van der Waals surface area contributed by atoms with E-state index in [9.17, 15) is 19.5 Å². The standard InChI is InChI=1S/C27H29BrN2O6S/c1-3-36-26(34)20-21-25(33)30(19(14-31)15-7-5-4-6-8-15)23(27(21)13-18(28)22(20)37-27)24(32)29-16-9-11-17(35-2)12-10-16/h4-12,18-23,31H,3,13-14H2,1-2H3,(H,29,32)/t18?,19-,20-,21+,22-,23?,27?/m1/s1. The molecule has 5 rings (SSSR count). The van der Waals surface area contributed by atoms with Gasteiger partial charge in [-0.1, -0.05) is 46.3 Å². The van der Waals surface area contributed by atoms with Gasteiger partial charge in [0.2, 0.25) is 11.8 Å². The third kappa shape index (κ3) is 4.23. The van der Waals surface area contributed by atoms with E-state index in [0.717, 1.165) is 5.56 Å². The third-order valence-electron chi connectivity index (χ3n) is 7.58. The van der Waals surface area contributed by atoms with Gasteiger partial charge in [-0.3, -0.25) is 14.4 Å². The van der Waals surface area contributed by atoms with E-state index >= 15 is 0 Å². The molecule has 10 heteroatoms. The van der Waals surface area contributed by atoms with Crippen LogP contribution in [0.1, 0.15) is 24.9 Å². The molecule has 1 spiro atoms. The Hall–Kier alpha value is -2.56. The van der Waals surface area contributed by atoms with Crippen molar-refractivity contribution in [1.82, 2.24) is 4.90 Å². The minimum Gasteiger partial charge on any atom is -0.497 e. The number of aliphatic hydroxyl groups is 1. The molecule has 8 nitrogen and oxygen atoms in total. The minimum absolute atomic E-state index is 0.0588. The maximum absolute atomic E-state index is 14.2. The number of carbonyl (C=O) groups is 3. The van der Waals surface area contributed by atoms with E-state index in [1.54, 1.807) is 38.3 Å². The molecule has 196 valence electrons. The smallest absolute Gasteiger partial charge is 0.310 e. The van der Waals surface area contributed by atoms with Crippen molar-refractivity contribution < 1.29 is 29.0 Å². The Bertz CT molecular complexity index is 1180. The van der Waals surface area contributed by atoms with E-state index in [1.165, 1.54) is 16.7 Å². The van der Waals surface area contributed by atoms with Crippen LogP contribution in [0.25, 0.3) is 0 Å². The van der Waals surface area contributed by atoms with Gasteiger partial charge in [-0.15, -0.1) is 11.8 Å². The predicted octanol–water partition coefficient (Wildman–Crippen LogP) is 3.40. The fraction of sp³-hybridized carbons (Fsp3) is 0.444. The van der Waals surface area contributed by atoms with Crippen molar-refractivity contribution >= 4 is 51.2 Å². The number of ether oxygens (including phenoxy) is 2. The fourth-order valence-electron chi connectivity index (χ4n) is 6.13. The number of aliphatic hydroxyl groups excluding tert-OH is 1. The predicted molar refractivity (Wildman–Crippen MR) is 144 cm³/mol. The lowest BCUT2D eigenvalue weighted by Crippen LogP contribution is -2.53. The Morgan fingerprint density at radius 2 is 1.92 bits per heavy atom. The van der Waals surface area contributed by atoms with Crippen molar-refractivity contribution in [2.24, 2.45) is 11.8 Å². The molecule has 3 heterocycles. The summed E-state index contributed by atoms with van der Waals surface area (Å²) < 4.78 is 9.77. The van der Waals surface area contributed by atoms with Crippen molar-refractivity contribution in [3.05, 3.63) is 60.2 Å². The Morgan fingerprint density at radius 3 is 2.54 bits per heavy atom. The van der Waals surface area contributed by atoms with Crippen LogP contribution in [0.15, 0.2) is 54.6 Å². The van der Waals surface area contributed by atoms with Crippen LogP contribution >= 0.6 is 27.7 Å². The molecule has 2 amide bonds. The maximum atomic E-state index is 14.2. The summed E-state index contributed by atoms with van der Waals surface area (Å²) in [5.74, 6) is -1.81. The van der Waals surface area contributed by atoms with E-state index in [4.69, 9.17) is 9.47 Å². The van der Waals surface area contributed by atoms with Gasteiger partial charge in [-0.05, 0) is 43.2 Å². The molecule has 0 aliphatic carbocycles. The first-order chi connectivity index (χ1) is 17.9. The SMILES string of the molecule is CCOC(=O)[C@H]1[C@@H]2SC3(CC2Br)C(C(=O)Nc2ccc(OC)cc2)N([C@H](CO)c2ccccc2)C(=O)[C@H]13. The van der Waals surface area contributed by atoms with Gasteiger partial charge in [-0.25, -0.2) is 0 Å². The topological polar surface area (TPSA) is 105 Å². The Balaban J connectivity index is 1.58. The molecular weight excluding hydrogens is 560 g/mol. The summed E-state index contributed by atoms with van der Waals surface area (Å²) >= 11 is 5.26. The molecule has 2 bridgehead atoms. The molecule has 3 aliphatic heterocycles. The second kappa shape index (κ2) is 10.3. The number of rotatable bonds is 8. The van der Waals surface area contributed by atoms with Crippen molar-refractivity contribution in [2.45, 2.75) is 40.3 Å². The number of likely N-dealkylation sites (tertiary alicyclic amines) is 1. The average molecular weight is 590 g/mol. The normalized spacial score (nSPS) is 30.6. The van der Waals surface area contributed by atoms with Gasteiger partial charge in [0.05, 0.1) is 42.9 Å². The summed E-state index contributed by atoms with van der Waals surface area (Å²) in [5, 5.41) is 13.3. The highest BCUT2D eigenvalue weighted by molar-refractivity contribution is 9.09. The zero-order valence-electron chi connectivity index (χ0n) is 20.5. The Labute approximate surface area is 228 Å². The molecule has 2 aromatic rings. The van der Waals surface area contributed by atoms with E-state index in [2.05, 4.69) is 21.2 Å². The minimum atomic E-state index is -0.904. The molecule has 3 saturated heterocycles. The van der Waals surface area contributed by atoms with E-state index in [-0.39, 0.29) is 35.1 Å². The summed E-state index contributed by atoms with van der Waals surface area (Å²) in [7, 11) is 1.57.